The minimum Gasteiger partial charge on any atom is -0.382 e. The number of ether oxygens (including phenoxy) is 1. The molecule has 4 aromatic rings. The highest BCUT2D eigenvalue weighted by Crippen LogP contribution is 2.32. The van der Waals surface area contributed by atoms with Gasteiger partial charge in [0, 0.05) is 18.8 Å². The van der Waals surface area contributed by atoms with E-state index in [0.29, 0.717) is 11.6 Å². The highest BCUT2D eigenvalue weighted by molar-refractivity contribution is 6.32. The van der Waals surface area contributed by atoms with Gasteiger partial charge >= 0.3 is 12.8 Å². The van der Waals surface area contributed by atoms with Crippen LogP contribution in [-0.4, -0.2) is 44.0 Å². The van der Waals surface area contributed by atoms with E-state index in [1.807, 2.05) is 0 Å². The number of rotatable bonds is 10. The summed E-state index contributed by atoms with van der Waals surface area (Å²) in [5, 5.41) is 7.88. The van der Waals surface area contributed by atoms with Gasteiger partial charge in [0.25, 0.3) is 11.1 Å². The Morgan fingerprint density at radius 3 is 2.63 bits per heavy atom. The normalized spacial score (nSPS) is 12.7. The van der Waals surface area contributed by atoms with Crippen LogP contribution in [0.15, 0.2) is 46.4 Å². The van der Waals surface area contributed by atoms with Gasteiger partial charge in [0.1, 0.15) is 22.2 Å². The van der Waals surface area contributed by atoms with Crippen LogP contribution in [0.25, 0.3) is 22.2 Å². The fourth-order valence-electron chi connectivity index (χ4n) is 4.07. The first-order valence-corrected chi connectivity index (χ1v) is 12.1. The number of H-pyrrole nitrogens is 1. The van der Waals surface area contributed by atoms with Crippen LogP contribution in [0.3, 0.4) is 0 Å². The summed E-state index contributed by atoms with van der Waals surface area (Å²) in [4.78, 5) is 32.6. The first kappa shape index (κ1) is 29.8. The Morgan fingerprint density at radius 2 is 1.95 bits per heavy atom. The maximum absolute atomic E-state index is 14.9. The number of pyridine rings is 1. The number of aromatic amines is 1. The maximum Gasteiger partial charge on any atom is 0.423 e. The number of hydrogen-bond donors (Lipinski definition) is 3. The number of nitrogen functional groups attached to an aromatic ring is 1. The molecule has 0 spiro atoms. The topological polar surface area (TPSA) is 141 Å². The highest BCUT2D eigenvalue weighted by atomic mass is 35.5. The monoisotopic (exact) mass is 603 g/mol. The van der Waals surface area contributed by atoms with Crippen molar-refractivity contribution in [3.63, 3.8) is 0 Å². The number of fused-ring (bicyclic) bond motifs is 1. The van der Waals surface area contributed by atoms with Gasteiger partial charge in [-0.05, 0) is 36.4 Å². The largest absolute Gasteiger partial charge is 0.423 e. The van der Waals surface area contributed by atoms with Crippen LogP contribution in [0.5, 0.6) is 0 Å². The van der Waals surface area contributed by atoms with E-state index in [1.165, 1.54) is 29.1 Å². The lowest BCUT2D eigenvalue weighted by Crippen LogP contribution is -2.32. The number of hydrogen-bond acceptors (Lipinski definition) is 8. The molecule has 4 N–H and O–H groups in total. The third kappa shape index (κ3) is 6.94. The summed E-state index contributed by atoms with van der Waals surface area (Å²) in [6.45, 7) is -3.90. The molecular formula is C24H20ClF6N7O3. The average molecular weight is 604 g/mol. The number of aromatic nitrogens is 5. The standard InChI is InChI=1S/C24H20ClF6N7O3/c25-15-8-33-20(36-19(15)32)14-6-11-3-5-38(22(40)13(11)7-16(14)26)4-1-2-12(10-41-23(27)28)35-17-9-34-37-21(39)18(17)24(29,30)31/h3,5-9,12,23H,1-2,4,10H2,(H2,32,33,36)(H2,35,37,39)/t12-/m1/s1. The minimum absolute atomic E-state index is 0.00157. The molecule has 0 saturated carbocycles. The van der Waals surface area contributed by atoms with Gasteiger partial charge in [0.2, 0.25) is 0 Å². The molecular weight excluding hydrogens is 584 g/mol. The van der Waals surface area contributed by atoms with Gasteiger partial charge in [-0.25, -0.2) is 19.5 Å². The van der Waals surface area contributed by atoms with Gasteiger partial charge in [-0.3, -0.25) is 9.59 Å². The molecule has 41 heavy (non-hydrogen) atoms. The number of benzene rings is 1. The lowest BCUT2D eigenvalue weighted by Gasteiger charge is -2.22. The average Bonchev–Trinajstić information content (AvgIpc) is 2.89. The van der Waals surface area contributed by atoms with Crippen molar-refractivity contribution in [1.29, 1.82) is 0 Å². The van der Waals surface area contributed by atoms with E-state index in [1.54, 1.807) is 5.10 Å². The summed E-state index contributed by atoms with van der Waals surface area (Å²) in [5.74, 6) is -0.887. The molecule has 0 radical (unpaired) electrons. The third-order valence-corrected chi connectivity index (χ3v) is 6.24. The van der Waals surface area contributed by atoms with Crippen molar-refractivity contribution in [2.75, 3.05) is 17.7 Å². The SMILES string of the molecule is Nc1nc(-c2cc3ccn(CCC[C@H](COC(F)F)Nc4cn[nH]c(=O)c4C(F)(F)F)c(=O)c3cc2F)ncc1Cl. The highest BCUT2D eigenvalue weighted by Gasteiger charge is 2.37. The summed E-state index contributed by atoms with van der Waals surface area (Å²) in [6, 6.07) is 2.80. The smallest absolute Gasteiger partial charge is 0.382 e. The summed E-state index contributed by atoms with van der Waals surface area (Å²) >= 11 is 5.81. The lowest BCUT2D eigenvalue weighted by molar-refractivity contribution is -0.138. The van der Waals surface area contributed by atoms with E-state index in [4.69, 9.17) is 17.3 Å². The maximum atomic E-state index is 14.9. The van der Waals surface area contributed by atoms with Crippen LogP contribution >= 0.6 is 11.6 Å². The number of nitrogens with zero attached hydrogens (tertiary/aromatic N) is 4. The summed E-state index contributed by atoms with van der Waals surface area (Å²) in [6.07, 6.45) is -1.65. The Balaban J connectivity index is 1.53. The predicted molar refractivity (Wildman–Crippen MR) is 137 cm³/mol. The molecule has 3 aromatic heterocycles. The number of anilines is 2. The molecule has 1 aromatic carbocycles. The van der Waals surface area contributed by atoms with Gasteiger partial charge < -0.3 is 20.4 Å². The molecule has 1 atom stereocenters. The molecule has 0 aliphatic carbocycles. The van der Waals surface area contributed by atoms with Gasteiger partial charge in [-0.2, -0.15) is 27.1 Å². The summed E-state index contributed by atoms with van der Waals surface area (Å²) in [5.41, 5.74) is 1.27. The molecule has 10 nitrogen and oxygen atoms in total. The second kappa shape index (κ2) is 12.1. The molecule has 0 bridgehead atoms. The van der Waals surface area contributed by atoms with Crippen LogP contribution in [0.1, 0.15) is 18.4 Å². The van der Waals surface area contributed by atoms with E-state index in [9.17, 15) is 35.9 Å². The van der Waals surface area contributed by atoms with E-state index in [2.05, 4.69) is 25.1 Å². The number of halogens is 7. The molecule has 0 aliphatic rings. The molecule has 0 aliphatic heterocycles. The fourth-order valence-corrected chi connectivity index (χ4v) is 4.16. The van der Waals surface area contributed by atoms with Crippen molar-refractivity contribution < 1.29 is 31.1 Å². The summed E-state index contributed by atoms with van der Waals surface area (Å²) < 4.78 is 85.9. The molecule has 0 fully saturated rings. The zero-order valence-electron chi connectivity index (χ0n) is 20.7. The van der Waals surface area contributed by atoms with Crippen molar-refractivity contribution in [2.45, 2.75) is 38.2 Å². The number of aryl methyl sites for hydroxylation is 1. The molecule has 0 unspecified atom stereocenters. The Kier molecular flexibility index (Phi) is 8.82. The molecule has 0 saturated heterocycles. The van der Waals surface area contributed by atoms with Crippen LogP contribution in [-0.2, 0) is 17.5 Å². The predicted octanol–water partition coefficient (Wildman–Crippen LogP) is 4.44. The summed E-state index contributed by atoms with van der Waals surface area (Å²) in [7, 11) is 0. The van der Waals surface area contributed by atoms with E-state index in [0.717, 1.165) is 6.07 Å². The van der Waals surface area contributed by atoms with Crippen molar-refractivity contribution in [2.24, 2.45) is 0 Å². The van der Waals surface area contributed by atoms with Gasteiger partial charge in [0.15, 0.2) is 5.82 Å². The van der Waals surface area contributed by atoms with Crippen LogP contribution in [0.2, 0.25) is 5.02 Å². The number of nitrogens with two attached hydrogens (primary N) is 1. The molecule has 0 amide bonds. The van der Waals surface area contributed by atoms with E-state index < -0.39 is 53.6 Å². The Labute approximate surface area is 231 Å². The second-order valence-electron chi connectivity index (χ2n) is 8.72. The number of alkyl halides is 5. The quantitative estimate of drug-likeness (QED) is 0.226. The third-order valence-electron chi connectivity index (χ3n) is 5.95. The van der Waals surface area contributed by atoms with Crippen LogP contribution in [0, 0.1) is 5.82 Å². The first-order valence-electron chi connectivity index (χ1n) is 11.8. The van der Waals surface area contributed by atoms with Gasteiger partial charge in [0.05, 0.1) is 35.6 Å². The Hall–Kier alpha value is -4.18. The van der Waals surface area contributed by atoms with Crippen molar-refractivity contribution in [1.82, 2.24) is 24.7 Å². The molecule has 218 valence electrons. The first-order chi connectivity index (χ1) is 19.3. The van der Waals surface area contributed by atoms with Crippen LogP contribution in [0.4, 0.5) is 37.8 Å². The van der Waals surface area contributed by atoms with Gasteiger partial charge in [-0.1, -0.05) is 11.6 Å². The number of nitrogens with one attached hydrogen (secondary N) is 2. The van der Waals surface area contributed by atoms with Gasteiger partial charge in [-0.15, -0.1) is 0 Å². The zero-order chi connectivity index (χ0) is 29.9. The van der Waals surface area contributed by atoms with Crippen molar-refractivity contribution in [3.05, 3.63) is 73.9 Å². The lowest BCUT2D eigenvalue weighted by atomic mass is 10.1. The molecule has 17 heteroatoms. The Morgan fingerprint density at radius 1 is 1.20 bits per heavy atom. The second-order valence-corrected chi connectivity index (χ2v) is 9.13. The minimum atomic E-state index is -5.05. The molecule has 4 rings (SSSR count). The van der Waals surface area contributed by atoms with Crippen molar-refractivity contribution >= 4 is 33.9 Å². The van der Waals surface area contributed by atoms with Crippen molar-refractivity contribution in [3.8, 4) is 11.4 Å². The molecule has 3 heterocycles. The fraction of sp³-hybridized carbons (Fsp3) is 0.292. The van der Waals surface area contributed by atoms with E-state index >= 15 is 0 Å². The van der Waals surface area contributed by atoms with Crippen LogP contribution < -0.4 is 22.2 Å². The van der Waals surface area contributed by atoms with E-state index in [-0.39, 0.29) is 47.0 Å². The Bertz CT molecular complexity index is 1680. The zero-order valence-corrected chi connectivity index (χ0v) is 21.4.